The number of hydrogen-bond acceptors (Lipinski definition) is 1. The largest absolute Gasteiger partial charge is 0.279 e. The smallest absolute Gasteiger partial charge is 0.235 e. The third kappa shape index (κ3) is 4.33. The van der Waals surface area contributed by atoms with Gasteiger partial charge >= 0.3 is 0 Å². The minimum atomic E-state index is -1.47. The summed E-state index contributed by atoms with van der Waals surface area (Å²) in [6.07, 6.45) is 0. The summed E-state index contributed by atoms with van der Waals surface area (Å²) in [5, 5.41) is 0.629. The first-order chi connectivity index (χ1) is 6.88. The van der Waals surface area contributed by atoms with Crippen molar-refractivity contribution in [1.29, 1.82) is 0 Å². The molecular formula is C12H13ClOSi. The highest BCUT2D eigenvalue weighted by molar-refractivity contribution is 6.84. The maximum absolute atomic E-state index is 11.6. The Balaban J connectivity index is 2.86. The van der Waals surface area contributed by atoms with Crippen LogP contribution >= 0.6 is 11.6 Å². The van der Waals surface area contributed by atoms with E-state index in [0.29, 0.717) is 10.6 Å². The van der Waals surface area contributed by atoms with Crippen molar-refractivity contribution in [3.63, 3.8) is 0 Å². The van der Waals surface area contributed by atoms with Gasteiger partial charge in [-0.15, -0.1) is 5.54 Å². The van der Waals surface area contributed by atoms with Gasteiger partial charge < -0.3 is 0 Å². The highest BCUT2D eigenvalue weighted by atomic mass is 35.5. The molecule has 3 heteroatoms. The average Bonchev–Trinajstić information content (AvgIpc) is 2.14. The zero-order valence-electron chi connectivity index (χ0n) is 9.10. The van der Waals surface area contributed by atoms with Crippen LogP contribution in [0, 0.1) is 11.5 Å². The molecule has 0 amide bonds. The van der Waals surface area contributed by atoms with E-state index in [0.717, 1.165) is 0 Å². The van der Waals surface area contributed by atoms with Crippen molar-refractivity contribution in [2.75, 3.05) is 0 Å². The van der Waals surface area contributed by atoms with E-state index in [1.807, 2.05) is 0 Å². The number of carbonyl (C=O) groups is 1. The quantitative estimate of drug-likeness (QED) is 0.415. The third-order valence-electron chi connectivity index (χ3n) is 1.66. The fourth-order valence-corrected chi connectivity index (χ4v) is 1.53. The number of benzene rings is 1. The molecule has 1 aromatic rings. The monoisotopic (exact) mass is 236 g/mol. The van der Waals surface area contributed by atoms with E-state index in [-0.39, 0.29) is 5.78 Å². The van der Waals surface area contributed by atoms with E-state index in [4.69, 9.17) is 11.6 Å². The Kier molecular flexibility index (Phi) is 3.73. The zero-order chi connectivity index (χ0) is 11.5. The highest BCUT2D eigenvalue weighted by Crippen LogP contribution is 2.09. The van der Waals surface area contributed by atoms with Gasteiger partial charge in [-0.25, -0.2) is 0 Å². The fourth-order valence-electron chi connectivity index (χ4n) is 0.918. The Labute approximate surface area is 96.5 Å². The van der Waals surface area contributed by atoms with Crippen LogP contribution in [0.25, 0.3) is 0 Å². The van der Waals surface area contributed by atoms with Gasteiger partial charge in [-0.3, -0.25) is 4.79 Å². The summed E-state index contributed by atoms with van der Waals surface area (Å²) in [6, 6.07) is 6.79. The Morgan fingerprint density at radius 1 is 1.20 bits per heavy atom. The minimum absolute atomic E-state index is 0.130. The second-order valence-corrected chi connectivity index (χ2v) is 9.52. The van der Waals surface area contributed by atoms with Crippen LogP contribution in [0.5, 0.6) is 0 Å². The lowest BCUT2D eigenvalue weighted by Crippen LogP contribution is -2.17. The Hall–Kier alpha value is -1.04. The van der Waals surface area contributed by atoms with Gasteiger partial charge in [0.1, 0.15) is 8.07 Å². The number of rotatable bonds is 1. The molecule has 0 aliphatic heterocycles. The molecule has 1 nitrogen and oxygen atoms in total. The topological polar surface area (TPSA) is 17.1 Å². The van der Waals surface area contributed by atoms with Crippen LogP contribution in [0.4, 0.5) is 0 Å². The van der Waals surface area contributed by atoms with E-state index in [1.165, 1.54) is 0 Å². The predicted octanol–water partition coefficient (Wildman–Crippen LogP) is 3.40. The molecule has 0 atom stereocenters. The van der Waals surface area contributed by atoms with Crippen LogP contribution in [0.1, 0.15) is 10.4 Å². The summed E-state index contributed by atoms with van der Waals surface area (Å²) in [6.45, 7) is 6.32. The molecule has 0 radical (unpaired) electrons. The lowest BCUT2D eigenvalue weighted by molar-refractivity contribution is 0.105. The second-order valence-electron chi connectivity index (χ2n) is 4.34. The lowest BCUT2D eigenvalue weighted by atomic mass is 10.1. The maximum atomic E-state index is 11.6. The molecule has 0 spiro atoms. The Morgan fingerprint density at radius 3 is 2.20 bits per heavy atom. The zero-order valence-corrected chi connectivity index (χ0v) is 10.9. The number of Topliss-reactive ketones (excluding diaryl/α,β-unsaturated/α-hetero) is 1. The van der Waals surface area contributed by atoms with Gasteiger partial charge in [0.25, 0.3) is 0 Å². The van der Waals surface area contributed by atoms with Gasteiger partial charge in [-0.2, -0.15) is 0 Å². The van der Waals surface area contributed by atoms with Crippen LogP contribution < -0.4 is 0 Å². The standard InChI is InChI=1S/C12H13ClOSi/c1-15(2,3)9-8-12(14)10-4-6-11(13)7-5-10/h4-7H,1-3H3. The number of hydrogen-bond donors (Lipinski definition) is 0. The Morgan fingerprint density at radius 2 is 1.73 bits per heavy atom. The molecule has 0 heterocycles. The second kappa shape index (κ2) is 4.65. The van der Waals surface area contributed by atoms with E-state index < -0.39 is 8.07 Å². The third-order valence-corrected chi connectivity index (χ3v) is 2.78. The molecule has 0 saturated heterocycles. The van der Waals surface area contributed by atoms with Crippen LogP contribution in [-0.4, -0.2) is 13.9 Å². The van der Waals surface area contributed by atoms with Crippen LogP contribution in [-0.2, 0) is 0 Å². The first kappa shape index (κ1) is 12.0. The van der Waals surface area contributed by atoms with Crippen molar-refractivity contribution in [3.8, 4) is 11.5 Å². The van der Waals surface area contributed by atoms with E-state index in [2.05, 4.69) is 31.1 Å². The molecule has 15 heavy (non-hydrogen) atoms. The summed E-state index contributed by atoms with van der Waals surface area (Å²) in [5.74, 6) is 2.56. The van der Waals surface area contributed by atoms with E-state index in [9.17, 15) is 4.79 Å². The van der Waals surface area contributed by atoms with Crippen molar-refractivity contribution in [1.82, 2.24) is 0 Å². The van der Waals surface area contributed by atoms with Gasteiger partial charge in [0.2, 0.25) is 5.78 Å². The minimum Gasteiger partial charge on any atom is -0.279 e. The summed E-state index contributed by atoms with van der Waals surface area (Å²) >= 11 is 5.73. The van der Waals surface area contributed by atoms with Crippen LogP contribution in [0.3, 0.4) is 0 Å². The molecule has 1 aromatic carbocycles. The fraction of sp³-hybridized carbons (Fsp3) is 0.250. The average molecular weight is 237 g/mol. The molecule has 0 aromatic heterocycles. The van der Waals surface area contributed by atoms with Crippen molar-refractivity contribution in [2.45, 2.75) is 19.6 Å². The van der Waals surface area contributed by atoms with E-state index >= 15 is 0 Å². The summed E-state index contributed by atoms with van der Waals surface area (Å²) < 4.78 is 0. The van der Waals surface area contributed by atoms with Crippen molar-refractivity contribution in [3.05, 3.63) is 34.9 Å². The molecule has 0 bridgehead atoms. The molecule has 0 saturated carbocycles. The van der Waals surface area contributed by atoms with Crippen molar-refractivity contribution in [2.24, 2.45) is 0 Å². The van der Waals surface area contributed by atoms with Gasteiger partial charge in [0.05, 0.1) is 0 Å². The van der Waals surface area contributed by atoms with Gasteiger partial charge in [0.15, 0.2) is 0 Å². The summed E-state index contributed by atoms with van der Waals surface area (Å²) in [5.41, 5.74) is 3.64. The Bertz CT molecular complexity index is 418. The summed E-state index contributed by atoms with van der Waals surface area (Å²) in [4.78, 5) is 11.6. The van der Waals surface area contributed by atoms with Gasteiger partial charge in [-0.05, 0) is 30.2 Å². The molecule has 0 aliphatic rings. The van der Waals surface area contributed by atoms with Gasteiger partial charge in [-0.1, -0.05) is 31.2 Å². The number of halogens is 1. The van der Waals surface area contributed by atoms with Crippen LogP contribution in [0.15, 0.2) is 24.3 Å². The predicted molar refractivity (Wildman–Crippen MR) is 66.9 cm³/mol. The van der Waals surface area contributed by atoms with Crippen molar-refractivity contribution >= 4 is 25.5 Å². The normalized spacial score (nSPS) is 10.4. The lowest BCUT2D eigenvalue weighted by Gasteiger charge is -2.02. The number of carbonyl (C=O) groups excluding carboxylic acids is 1. The number of ketones is 1. The molecular weight excluding hydrogens is 224 g/mol. The maximum Gasteiger partial charge on any atom is 0.235 e. The molecule has 1 rings (SSSR count). The first-order valence-electron chi connectivity index (χ1n) is 4.71. The van der Waals surface area contributed by atoms with Crippen molar-refractivity contribution < 1.29 is 4.79 Å². The summed E-state index contributed by atoms with van der Waals surface area (Å²) in [7, 11) is -1.47. The molecule has 0 unspecified atom stereocenters. The van der Waals surface area contributed by atoms with Crippen LogP contribution in [0.2, 0.25) is 24.7 Å². The molecule has 0 fully saturated rings. The SMILES string of the molecule is C[Si](C)(C)C#CC(=O)c1ccc(Cl)cc1. The highest BCUT2D eigenvalue weighted by Gasteiger charge is 2.09. The van der Waals surface area contributed by atoms with E-state index in [1.54, 1.807) is 24.3 Å². The van der Waals surface area contributed by atoms with Gasteiger partial charge in [0, 0.05) is 10.6 Å². The molecule has 0 aliphatic carbocycles. The molecule has 0 N–H and O–H groups in total. The first-order valence-corrected chi connectivity index (χ1v) is 8.59. The molecule has 78 valence electrons.